The molecule has 1 aromatic heterocycles. The zero-order valence-corrected chi connectivity index (χ0v) is 13.0. The maximum absolute atomic E-state index is 9.39. The fourth-order valence-electron chi connectivity index (χ4n) is 2.34. The lowest BCUT2D eigenvalue weighted by Gasteiger charge is -2.42. The van der Waals surface area contributed by atoms with Crippen LogP contribution in [0.4, 0.5) is 11.9 Å². The Bertz CT molecular complexity index is 483. The number of hydrogen-bond donors (Lipinski definition) is 2. The van der Waals surface area contributed by atoms with Gasteiger partial charge in [0, 0.05) is 20.1 Å². The van der Waals surface area contributed by atoms with Crippen molar-refractivity contribution in [3.63, 3.8) is 0 Å². The molecule has 1 fully saturated rings. The maximum Gasteiger partial charge on any atom is 0.323 e. The standard InChI is InChI=1S/C13H23N5O3/c1-5-20-12-16-10(14-4)15-11(17-12)18-6-9(7-19)21-13(2,3)8-18/h9,19H,5-8H2,1-4H3,(H,14,15,16,17). The van der Waals surface area contributed by atoms with E-state index in [0.29, 0.717) is 31.6 Å². The fourth-order valence-corrected chi connectivity index (χ4v) is 2.34. The summed E-state index contributed by atoms with van der Waals surface area (Å²) < 4.78 is 11.2. The largest absolute Gasteiger partial charge is 0.464 e. The van der Waals surface area contributed by atoms with E-state index in [1.54, 1.807) is 7.05 Å². The number of anilines is 2. The number of hydrogen-bond acceptors (Lipinski definition) is 8. The van der Waals surface area contributed by atoms with Gasteiger partial charge in [-0.1, -0.05) is 0 Å². The molecule has 1 atom stereocenters. The summed E-state index contributed by atoms with van der Waals surface area (Å²) in [7, 11) is 1.74. The van der Waals surface area contributed by atoms with Crippen LogP contribution in [0, 0.1) is 0 Å². The van der Waals surface area contributed by atoms with E-state index in [0.717, 1.165) is 0 Å². The summed E-state index contributed by atoms with van der Waals surface area (Å²) in [6.07, 6.45) is -0.265. The summed E-state index contributed by atoms with van der Waals surface area (Å²) in [5.74, 6) is 0.973. The van der Waals surface area contributed by atoms with E-state index < -0.39 is 0 Å². The maximum atomic E-state index is 9.39. The highest BCUT2D eigenvalue weighted by atomic mass is 16.5. The van der Waals surface area contributed by atoms with Crippen LogP contribution in [0.15, 0.2) is 0 Å². The van der Waals surface area contributed by atoms with Gasteiger partial charge in [-0.3, -0.25) is 0 Å². The van der Waals surface area contributed by atoms with E-state index in [2.05, 4.69) is 20.3 Å². The van der Waals surface area contributed by atoms with Gasteiger partial charge in [0.2, 0.25) is 11.9 Å². The van der Waals surface area contributed by atoms with Gasteiger partial charge in [-0.05, 0) is 20.8 Å². The molecule has 1 aliphatic rings. The highest BCUT2D eigenvalue weighted by molar-refractivity contribution is 5.39. The van der Waals surface area contributed by atoms with Crippen molar-refractivity contribution < 1.29 is 14.6 Å². The molecule has 0 aromatic carbocycles. The number of aliphatic hydroxyl groups excluding tert-OH is 1. The SMILES string of the molecule is CCOc1nc(NC)nc(N2CC(CO)OC(C)(C)C2)n1. The Morgan fingerprint density at radius 2 is 2.19 bits per heavy atom. The highest BCUT2D eigenvalue weighted by Gasteiger charge is 2.34. The van der Waals surface area contributed by atoms with E-state index in [1.165, 1.54) is 0 Å². The van der Waals surface area contributed by atoms with Crippen LogP contribution >= 0.6 is 0 Å². The summed E-state index contributed by atoms with van der Waals surface area (Å²) in [5, 5.41) is 12.3. The van der Waals surface area contributed by atoms with Crippen molar-refractivity contribution in [2.24, 2.45) is 0 Å². The molecule has 0 aliphatic carbocycles. The van der Waals surface area contributed by atoms with Crippen molar-refractivity contribution in [1.29, 1.82) is 0 Å². The van der Waals surface area contributed by atoms with Crippen molar-refractivity contribution >= 4 is 11.9 Å². The zero-order valence-electron chi connectivity index (χ0n) is 13.0. The zero-order chi connectivity index (χ0) is 15.5. The molecule has 2 heterocycles. The highest BCUT2D eigenvalue weighted by Crippen LogP contribution is 2.25. The molecular formula is C13H23N5O3. The number of morpholine rings is 1. The van der Waals surface area contributed by atoms with Gasteiger partial charge in [-0.2, -0.15) is 15.0 Å². The number of aromatic nitrogens is 3. The first-order valence-corrected chi connectivity index (χ1v) is 7.07. The quantitative estimate of drug-likeness (QED) is 0.801. The average molecular weight is 297 g/mol. The van der Waals surface area contributed by atoms with Crippen molar-refractivity contribution in [3.05, 3.63) is 0 Å². The molecule has 8 heteroatoms. The molecule has 2 rings (SSSR count). The molecule has 0 radical (unpaired) electrons. The molecule has 1 saturated heterocycles. The molecule has 2 N–H and O–H groups in total. The lowest BCUT2D eigenvalue weighted by atomic mass is 10.1. The van der Waals surface area contributed by atoms with Crippen LogP contribution in [0.3, 0.4) is 0 Å². The van der Waals surface area contributed by atoms with Crippen LogP contribution < -0.4 is 15.0 Å². The van der Waals surface area contributed by atoms with Gasteiger partial charge >= 0.3 is 6.01 Å². The third-order valence-corrected chi connectivity index (χ3v) is 3.07. The van der Waals surface area contributed by atoms with Crippen molar-refractivity contribution in [3.8, 4) is 6.01 Å². The molecular weight excluding hydrogens is 274 g/mol. The van der Waals surface area contributed by atoms with Crippen molar-refractivity contribution in [2.45, 2.75) is 32.5 Å². The molecule has 0 spiro atoms. The van der Waals surface area contributed by atoms with Crippen LogP contribution in [0.5, 0.6) is 6.01 Å². The monoisotopic (exact) mass is 297 g/mol. The van der Waals surface area contributed by atoms with Gasteiger partial charge < -0.3 is 24.8 Å². The Kier molecular flexibility index (Phi) is 4.79. The van der Waals surface area contributed by atoms with Gasteiger partial charge in [0.1, 0.15) is 0 Å². The van der Waals surface area contributed by atoms with Crippen molar-refractivity contribution in [2.75, 3.05) is 43.6 Å². The number of nitrogens with one attached hydrogen (secondary N) is 1. The van der Waals surface area contributed by atoms with E-state index in [4.69, 9.17) is 9.47 Å². The van der Waals surface area contributed by atoms with Crippen molar-refractivity contribution in [1.82, 2.24) is 15.0 Å². The van der Waals surface area contributed by atoms with E-state index in [1.807, 2.05) is 25.7 Å². The van der Waals surface area contributed by atoms with Crippen LogP contribution in [-0.2, 0) is 4.74 Å². The van der Waals surface area contributed by atoms with Gasteiger partial charge in [-0.15, -0.1) is 0 Å². The first-order chi connectivity index (χ1) is 9.97. The van der Waals surface area contributed by atoms with Crippen LogP contribution in [0.2, 0.25) is 0 Å². The first kappa shape index (κ1) is 15.7. The number of nitrogens with zero attached hydrogens (tertiary/aromatic N) is 4. The number of aliphatic hydroxyl groups is 1. The van der Waals surface area contributed by atoms with E-state index >= 15 is 0 Å². The lowest BCUT2D eigenvalue weighted by molar-refractivity contribution is -0.101. The normalized spacial score (nSPS) is 21.2. The Morgan fingerprint density at radius 3 is 2.81 bits per heavy atom. The average Bonchev–Trinajstić information content (AvgIpc) is 2.45. The number of ether oxygens (including phenoxy) is 2. The molecule has 0 bridgehead atoms. The predicted octanol–water partition coefficient (Wildman–Crippen LogP) is 0.288. The topological polar surface area (TPSA) is 92.6 Å². The molecule has 21 heavy (non-hydrogen) atoms. The Morgan fingerprint density at radius 1 is 1.43 bits per heavy atom. The smallest absolute Gasteiger partial charge is 0.323 e. The summed E-state index contributed by atoms with van der Waals surface area (Å²) in [5.41, 5.74) is -0.385. The Labute approximate surface area is 124 Å². The third-order valence-electron chi connectivity index (χ3n) is 3.07. The second-order valence-electron chi connectivity index (χ2n) is 5.49. The van der Waals surface area contributed by atoms with Gasteiger partial charge in [-0.25, -0.2) is 0 Å². The minimum Gasteiger partial charge on any atom is -0.464 e. The summed E-state index contributed by atoms with van der Waals surface area (Å²) in [4.78, 5) is 14.8. The molecule has 1 aromatic rings. The van der Waals surface area contributed by atoms with Crippen LogP contribution in [-0.4, -0.2) is 65.1 Å². The molecule has 0 amide bonds. The van der Waals surface area contributed by atoms with E-state index in [-0.39, 0.29) is 24.3 Å². The summed E-state index contributed by atoms with van der Waals surface area (Å²) in [6.45, 7) is 7.43. The van der Waals surface area contributed by atoms with Crippen LogP contribution in [0.1, 0.15) is 20.8 Å². The summed E-state index contributed by atoms with van der Waals surface area (Å²) in [6, 6.07) is 0.289. The summed E-state index contributed by atoms with van der Waals surface area (Å²) >= 11 is 0. The van der Waals surface area contributed by atoms with E-state index in [9.17, 15) is 5.11 Å². The minimum absolute atomic E-state index is 0.0395. The van der Waals surface area contributed by atoms with Gasteiger partial charge in [0.25, 0.3) is 0 Å². The second kappa shape index (κ2) is 6.40. The molecule has 1 unspecified atom stereocenters. The molecule has 0 saturated carbocycles. The molecule has 1 aliphatic heterocycles. The Hall–Kier alpha value is -1.67. The molecule has 118 valence electrons. The van der Waals surface area contributed by atoms with Gasteiger partial charge in [0.15, 0.2) is 0 Å². The Balaban J connectivity index is 2.28. The lowest BCUT2D eigenvalue weighted by Crippen LogP contribution is -2.54. The predicted molar refractivity (Wildman–Crippen MR) is 78.8 cm³/mol. The van der Waals surface area contributed by atoms with Crippen LogP contribution in [0.25, 0.3) is 0 Å². The first-order valence-electron chi connectivity index (χ1n) is 7.07. The minimum atomic E-state index is -0.385. The fraction of sp³-hybridized carbons (Fsp3) is 0.769. The van der Waals surface area contributed by atoms with Gasteiger partial charge in [0.05, 0.1) is 24.9 Å². The molecule has 8 nitrogen and oxygen atoms in total. The second-order valence-corrected chi connectivity index (χ2v) is 5.49. The third kappa shape index (κ3) is 3.92. The number of rotatable bonds is 5.